The van der Waals surface area contributed by atoms with E-state index in [1.54, 1.807) is 31.6 Å². The summed E-state index contributed by atoms with van der Waals surface area (Å²) in [7, 11) is 1.56. The SMILES string of the molecule is COc1cc(-c2cncc(N[C@@H](C)c3cccc(NC(=O)c4cnc(C#N)nc4)c3)n2)ccc1N. The number of methoxy groups -OCH3 is 1. The Morgan fingerprint density at radius 3 is 2.66 bits per heavy atom. The third kappa shape index (κ3) is 5.48. The van der Waals surface area contributed by atoms with E-state index in [0.29, 0.717) is 28.6 Å². The maximum absolute atomic E-state index is 12.5. The first-order valence-corrected chi connectivity index (χ1v) is 10.6. The molecule has 2 aromatic carbocycles. The molecule has 0 unspecified atom stereocenters. The van der Waals surface area contributed by atoms with Crippen molar-refractivity contribution in [2.45, 2.75) is 13.0 Å². The largest absolute Gasteiger partial charge is 0.495 e. The number of ether oxygens (including phenoxy) is 1. The van der Waals surface area contributed by atoms with Gasteiger partial charge in [-0.25, -0.2) is 15.0 Å². The highest BCUT2D eigenvalue weighted by Crippen LogP contribution is 2.28. The van der Waals surface area contributed by atoms with E-state index >= 15 is 0 Å². The van der Waals surface area contributed by atoms with Crippen LogP contribution in [-0.2, 0) is 0 Å². The molecule has 0 saturated carbocycles. The summed E-state index contributed by atoms with van der Waals surface area (Å²) in [5, 5.41) is 15.0. The maximum atomic E-state index is 12.5. The summed E-state index contributed by atoms with van der Waals surface area (Å²) in [6.07, 6.45) is 5.95. The van der Waals surface area contributed by atoms with Gasteiger partial charge in [-0.3, -0.25) is 9.78 Å². The van der Waals surface area contributed by atoms with Gasteiger partial charge in [-0.2, -0.15) is 5.26 Å². The second-order valence-corrected chi connectivity index (χ2v) is 7.60. The van der Waals surface area contributed by atoms with Gasteiger partial charge < -0.3 is 21.1 Å². The van der Waals surface area contributed by atoms with Crippen LogP contribution in [0.15, 0.2) is 67.3 Å². The number of carbonyl (C=O) groups excluding carboxylic acids is 1. The maximum Gasteiger partial charge on any atom is 0.258 e. The predicted octanol–water partition coefficient (Wildman–Crippen LogP) is 3.82. The van der Waals surface area contributed by atoms with Gasteiger partial charge in [0, 0.05) is 23.6 Å². The Hall–Kier alpha value is -5.04. The Labute approximate surface area is 201 Å². The summed E-state index contributed by atoms with van der Waals surface area (Å²) in [6, 6.07) is 14.6. The molecule has 35 heavy (non-hydrogen) atoms. The topological polar surface area (TPSA) is 152 Å². The summed E-state index contributed by atoms with van der Waals surface area (Å²) >= 11 is 0. The number of carbonyl (C=O) groups is 1. The van der Waals surface area contributed by atoms with Crippen LogP contribution >= 0.6 is 0 Å². The summed E-state index contributed by atoms with van der Waals surface area (Å²) in [5.74, 6) is 0.799. The van der Waals surface area contributed by atoms with Crippen molar-refractivity contribution in [3.63, 3.8) is 0 Å². The van der Waals surface area contributed by atoms with E-state index in [1.807, 2.05) is 43.3 Å². The Morgan fingerprint density at radius 1 is 1.11 bits per heavy atom. The summed E-state index contributed by atoms with van der Waals surface area (Å²) in [5.41, 5.74) is 9.75. The molecule has 0 radical (unpaired) electrons. The molecule has 0 spiro atoms. The minimum absolute atomic E-state index is 0.00569. The highest BCUT2D eigenvalue weighted by atomic mass is 16.5. The number of nitrogens with zero attached hydrogens (tertiary/aromatic N) is 5. The highest BCUT2D eigenvalue weighted by molar-refractivity contribution is 6.03. The van der Waals surface area contributed by atoms with Crippen LogP contribution in [0.5, 0.6) is 5.75 Å². The van der Waals surface area contributed by atoms with E-state index in [9.17, 15) is 4.79 Å². The molecule has 1 atom stereocenters. The van der Waals surface area contributed by atoms with E-state index in [0.717, 1.165) is 11.1 Å². The van der Waals surface area contributed by atoms with Crippen molar-refractivity contribution < 1.29 is 9.53 Å². The molecule has 4 aromatic rings. The highest BCUT2D eigenvalue weighted by Gasteiger charge is 2.12. The van der Waals surface area contributed by atoms with Crippen LogP contribution in [0.4, 0.5) is 17.2 Å². The van der Waals surface area contributed by atoms with Gasteiger partial charge in [0.05, 0.1) is 42.5 Å². The van der Waals surface area contributed by atoms with E-state index in [-0.39, 0.29) is 23.3 Å². The van der Waals surface area contributed by atoms with Gasteiger partial charge in [-0.1, -0.05) is 18.2 Å². The molecule has 0 saturated heterocycles. The van der Waals surface area contributed by atoms with Crippen molar-refractivity contribution in [2.75, 3.05) is 23.5 Å². The number of nitrogen functional groups attached to an aromatic ring is 1. The van der Waals surface area contributed by atoms with Crippen LogP contribution in [0.1, 0.15) is 34.7 Å². The van der Waals surface area contributed by atoms with Crippen molar-refractivity contribution >= 4 is 23.1 Å². The standard InChI is InChI=1S/C25H22N8O2/c1-15(31-24-14-28-13-21(33-24)17-6-7-20(27)22(9-17)35-2)16-4-3-5-19(8-16)32-25(34)18-11-29-23(10-26)30-12-18/h3-9,11-15H,27H2,1-2H3,(H,31,33)(H,32,34)/t15-/m0/s1. The molecule has 0 aliphatic carbocycles. The number of nitrogens with one attached hydrogen (secondary N) is 2. The van der Waals surface area contributed by atoms with Gasteiger partial charge in [-0.15, -0.1) is 0 Å². The average molecular weight is 467 g/mol. The second-order valence-electron chi connectivity index (χ2n) is 7.60. The van der Waals surface area contributed by atoms with E-state index in [2.05, 4.69) is 30.6 Å². The molecule has 4 rings (SSSR count). The quantitative estimate of drug-likeness (QED) is 0.345. The van der Waals surface area contributed by atoms with Crippen LogP contribution in [0.25, 0.3) is 11.3 Å². The number of hydrogen-bond acceptors (Lipinski definition) is 9. The van der Waals surface area contributed by atoms with Crippen LogP contribution < -0.4 is 21.1 Å². The Kier molecular flexibility index (Phi) is 6.78. The number of hydrogen-bond donors (Lipinski definition) is 3. The molecule has 174 valence electrons. The van der Waals surface area contributed by atoms with E-state index in [1.165, 1.54) is 12.4 Å². The average Bonchev–Trinajstić information content (AvgIpc) is 2.89. The number of rotatable bonds is 7. The molecule has 10 heteroatoms. The zero-order valence-electron chi connectivity index (χ0n) is 19.1. The zero-order valence-corrected chi connectivity index (χ0v) is 19.1. The molecular formula is C25H22N8O2. The van der Waals surface area contributed by atoms with Gasteiger partial charge in [-0.05, 0) is 36.8 Å². The molecule has 0 fully saturated rings. The lowest BCUT2D eigenvalue weighted by molar-refractivity contribution is 0.102. The molecule has 0 aliphatic heterocycles. The second kappa shape index (κ2) is 10.3. The lowest BCUT2D eigenvalue weighted by atomic mass is 10.1. The normalized spacial score (nSPS) is 11.2. The summed E-state index contributed by atoms with van der Waals surface area (Å²) in [4.78, 5) is 29.1. The lowest BCUT2D eigenvalue weighted by Crippen LogP contribution is -2.14. The van der Waals surface area contributed by atoms with E-state index < -0.39 is 0 Å². The number of aromatic nitrogens is 4. The number of amides is 1. The first kappa shape index (κ1) is 23.1. The predicted molar refractivity (Wildman–Crippen MR) is 132 cm³/mol. The van der Waals surface area contributed by atoms with Crippen molar-refractivity contribution in [3.05, 3.63) is 84.2 Å². The number of benzene rings is 2. The van der Waals surface area contributed by atoms with E-state index in [4.69, 9.17) is 15.7 Å². The third-order valence-electron chi connectivity index (χ3n) is 5.19. The van der Waals surface area contributed by atoms with Crippen molar-refractivity contribution in [1.82, 2.24) is 19.9 Å². The summed E-state index contributed by atoms with van der Waals surface area (Å²) in [6.45, 7) is 1.98. The molecule has 10 nitrogen and oxygen atoms in total. The monoisotopic (exact) mass is 466 g/mol. The molecular weight excluding hydrogens is 444 g/mol. The molecule has 2 heterocycles. The van der Waals surface area contributed by atoms with Crippen LogP contribution in [0.3, 0.4) is 0 Å². The van der Waals surface area contributed by atoms with Crippen LogP contribution in [-0.4, -0.2) is 33.0 Å². The molecule has 0 bridgehead atoms. The molecule has 0 aliphatic rings. The van der Waals surface area contributed by atoms with Crippen molar-refractivity contribution in [1.29, 1.82) is 5.26 Å². The first-order valence-electron chi connectivity index (χ1n) is 10.6. The minimum Gasteiger partial charge on any atom is -0.495 e. The smallest absolute Gasteiger partial charge is 0.258 e. The molecule has 2 aromatic heterocycles. The fraction of sp³-hybridized carbons (Fsp3) is 0.120. The van der Waals surface area contributed by atoms with Crippen LogP contribution in [0.2, 0.25) is 0 Å². The fourth-order valence-corrected chi connectivity index (χ4v) is 3.34. The number of nitrogens with two attached hydrogens (primary N) is 1. The van der Waals surface area contributed by atoms with Gasteiger partial charge in [0.15, 0.2) is 0 Å². The Balaban J connectivity index is 1.47. The van der Waals surface area contributed by atoms with Gasteiger partial charge in [0.2, 0.25) is 5.82 Å². The molecule has 4 N–H and O–H groups in total. The Bertz CT molecular complexity index is 1400. The van der Waals surface area contributed by atoms with Crippen LogP contribution in [0, 0.1) is 11.3 Å². The Morgan fingerprint density at radius 2 is 1.91 bits per heavy atom. The van der Waals surface area contributed by atoms with Gasteiger partial charge in [0.1, 0.15) is 17.6 Å². The summed E-state index contributed by atoms with van der Waals surface area (Å²) < 4.78 is 5.30. The van der Waals surface area contributed by atoms with Crippen molar-refractivity contribution in [2.24, 2.45) is 0 Å². The van der Waals surface area contributed by atoms with Crippen molar-refractivity contribution in [3.8, 4) is 23.1 Å². The first-order chi connectivity index (χ1) is 17.0. The zero-order chi connectivity index (χ0) is 24.8. The lowest BCUT2D eigenvalue weighted by Gasteiger charge is -2.16. The van der Waals surface area contributed by atoms with Gasteiger partial charge in [0.25, 0.3) is 5.91 Å². The third-order valence-corrected chi connectivity index (χ3v) is 5.19. The van der Waals surface area contributed by atoms with Gasteiger partial charge >= 0.3 is 0 Å². The number of nitriles is 1. The minimum atomic E-state index is -0.371. The number of anilines is 3. The molecule has 1 amide bonds. The fourth-order valence-electron chi connectivity index (χ4n) is 3.34.